The fourth-order valence-corrected chi connectivity index (χ4v) is 7.38. The SMILES string of the molecule is Cc1c(C(=O)NC2CCOCC2)cc(-c2ccc(S(=O)(=O)NC(C)(C)C)c(OCC(C)(C)C)c2)n1CC1CCCCC1. The lowest BCUT2D eigenvalue weighted by atomic mass is 9.89. The molecule has 42 heavy (non-hydrogen) atoms. The van der Waals surface area contributed by atoms with Gasteiger partial charge in [-0.15, -0.1) is 0 Å². The first-order valence-electron chi connectivity index (χ1n) is 15.5. The summed E-state index contributed by atoms with van der Waals surface area (Å²) >= 11 is 0. The predicted molar refractivity (Wildman–Crippen MR) is 168 cm³/mol. The van der Waals surface area contributed by atoms with E-state index >= 15 is 0 Å². The van der Waals surface area contributed by atoms with Gasteiger partial charge in [0.25, 0.3) is 5.91 Å². The summed E-state index contributed by atoms with van der Waals surface area (Å²) in [5.74, 6) is 0.790. The van der Waals surface area contributed by atoms with E-state index in [1.54, 1.807) is 6.07 Å². The van der Waals surface area contributed by atoms with E-state index in [9.17, 15) is 13.2 Å². The maximum absolute atomic E-state index is 13.5. The summed E-state index contributed by atoms with van der Waals surface area (Å²) in [7, 11) is -3.84. The molecule has 0 unspecified atom stereocenters. The van der Waals surface area contributed by atoms with Gasteiger partial charge in [0.2, 0.25) is 10.0 Å². The molecule has 1 saturated carbocycles. The minimum absolute atomic E-state index is 0.0687. The molecule has 9 heteroatoms. The molecule has 2 heterocycles. The average molecular weight is 602 g/mol. The highest BCUT2D eigenvalue weighted by Gasteiger charge is 2.29. The van der Waals surface area contributed by atoms with Crippen LogP contribution in [0.5, 0.6) is 5.75 Å². The molecular weight excluding hydrogens is 550 g/mol. The lowest BCUT2D eigenvalue weighted by Crippen LogP contribution is -2.40. The molecule has 2 N–H and O–H groups in total. The molecule has 1 aromatic heterocycles. The number of sulfonamides is 1. The lowest BCUT2D eigenvalue weighted by molar-refractivity contribution is 0.0696. The van der Waals surface area contributed by atoms with Gasteiger partial charge in [0.1, 0.15) is 10.6 Å². The zero-order valence-electron chi connectivity index (χ0n) is 26.6. The molecule has 234 valence electrons. The Balaban J connectivity index is 1.77. The molecule has 8 nitrogen and oxygen atoms in total. The van der Waals surface area contributed by atoms with Crippen LogP contribution in [0.1, 0.15) is 103 Å². The van der Waals surface area contributed by atoms with E-state index in [-0.39, 0.29) is 22.3 Å². The molecule has 0 spiro atoms. The standard InChI is InChI=1S/C33H51N3O5S/c1-23-27(31(37)34-26-15-17-40-18-16-26)20-28(36(23)21-24-11-9-8-10-12-24)25-13-14-30(42(38,39)35-33(5,6)7)29(19-25)41-22-32(2,3)4/h13-14,19-20,24,26,35H,8-12,15-18,21-22H2,1-7H3,(H,34,37). The van der Waals surface area contributed by atoms with Crippen LogP contribution in [0.4, 0.5) is 0 Å². The fraction of sp³-hybridized carbons (Fsp3) is 0.667. The number of hydrogen-bond donors (Lipinski definition) is 2. The Morgan fingerprint density at radius 2 is 1.67 bits per heavy atom. The Labute approximate surface area is 253 Å². The molecule has 1 aromatic carbocycles. The molecule has 2 fully saturated rings. The summed E-state index contributed by atoms with van der Waals surface area (Å²) in [6.45, 7) is 16.2. The van der Waals surface area contributed by atoms with E-state index in [0.717, 1.165) is 36.3 Å². The Morgan fingerprint density at radius 3 is 2.29 bits per heavy atom. The maximum atomic E-state index is 13.5. The second-order valence-corrected chi connectivity index (χ2v) is 16.0. The van der Waals surface area contributed by atoms with Crippen molar-refractivity contribution in [2.24, 2.45) is 11.3 Å². The number of hydrogen-bond acceptors (Lipinski definition) is 5. The Morgan fingerprint density at radius 1 is 1.00 bits per heavy atom. The van der Waals surface area contributed by atoms with Crippen LogP contribution >= 0.6 is 0 Å². The van der Waals surface area contributed by atoms with Crippen molar-refractivity contribution >= 4 is 15.9 Å². The van der Waals surface area contributed by atoms with E-state index < -0.39 is 15.6 Å². The summed E-state index contributed by atoms with van der Waals surface area (Å²) in [4.78, 5) is 13.7. The van der Waals surface area contributed by atoms with Gasteiger partial charge < -0.3 is 19.4 Å². The first-order valence-corrected chi connectivity index (χ1v) is 17.0. The molecule has 0 bridgehead atoms. The third kappa shape index (κ3) is 8.60. The summed E-state index contributed by atoms with van der Waals surface area (Å²) < 4.78 is 43.6. The summed E-state index contributed by atoms with van der Waals surface area (Å²) in [6.07, 6.45) is 7.72. The monoisotopic (exact) mass is 601 g/mol. The van der Waals surface area contributed by atoms with Gasteiger partial charge >= 0.3 is 0 Å². The van der Waals surface area contributed by atoms with E-state index in [1.165, 1.54) is 32.1 Å². The minimum Gasteiger partial charge on any atom is -0.492 e. The van der Waals surface area contributed by atoms with Crippen LogP contribution in [-0.4, -0.2) is 50.3 Å². The quantitative estimate of drug-likeness (QED) is 0.344. The Bertz CT molecular complexity index is 1340. The van der Waals surface area contributed by atoms with Gasteiger partial charge in [-0.1, -0.05) is 46.1 Å². The van der Waals surface area contributed by atoms with Crippen molar-refractivity contribution in [2.45, 2.75) is 116 Å². The van der Waals surface area contributed by atoms with Crippen LogP contribution in [0.25, 0.3) is 11.3 Å². The van der Waals surface area contributed by atoms with Gasteiger partial charge in [0, 0.05) is 48.3 Å². The number of amides is 1. The van der Waals surface area contributed by atoms with Gasteiger partial charge in [-0.05, 0) is 82.9 Å². The minimum atomic E-state index is -3.84. The van der Waals surface area contributed by atoms with Crippen molar-refractivity contribution in [3.63, 3.8) is 0 Å². The largest absolute Gasteiger partial charge is 0.492 e. The lowest BCUT2D eigenvalue weighted by Gasteiger charge is -2.25. The summed E-state index contributed by atoms with van der Waals surface area (Å²) in [6, 6.07) is 7.38. The van der Waals surface area contributed by atoms with E-state index in [2.05, 4.69) is 35.4 Å². The second-order valence-electron chi connectivity index (χ2n) is 14.4. The molecule has 0 radical (unpaired) electrons. The van der Waals surface area contributed by atoms with Crippen molar-refractivity contribution < 1.29 is 22.7 Å². The van der Waals surface area contributed by atoms with E-state index in [4.69, 9.17) is 9.47 Å². The molecule has 2 aromatic rings. The normalized spacial score (nSPS) is 17.8. The number of aromatic nitrogens is 1. The number of rotatable bonds is 9. The van der Waals surface area contributed by atoms with Crippen LogP contribution < -0.4 is 14.8 Å². The van der Waals surface area contributed by atoms with E-state index in [1.807, 2.05) is 45.9 Å². The number of carbonyl (C=O) groups is 1. The van der Waals surface area contributed by atoms with Crippen LogP contribution in [0.3, 0.4) is 0 Å². The Hall–Kier alpha value is -2.36. The first kappa shape index (κ1) is 32.6. The smallest absolute Gasteiger partial charge is 0.253 e. The third-order valence-electron chi connectivity index (χ3n) is 7.96. The topological polar surface area (TPSA) is 98.7 Å². The first-order chi connectivity index (χ1) is 19.6. The third-order valence-corrected chi connectivity index (χ3v) is 9.76. The van der Waals surface area contributed by atoms with E-state index in [0.29, 0.717) is 37.1 Å². The fourth-order valence-electron chi connectivity index (χ4n) is 5.84. The van der Waals surface area contributed by atoms with Crippen molar-refractivity contribution in [1.82, 2.24) is 14.6 Å². The highest BCUT2D eigenvalue weighted by Crippen LogP contribution is 2.36. The highest BCUT2D eigenvalue weighted by molar-refractivity contribution is 7.89. The van der Waals surface area contributed by atoms with Gasteiger partial charge in [-0.2, -0.15) is 0 Å². The Kier molecular flexibility index (Phi) is 10.2. The van der Waals surface area contributed by atoms with Crippen LogP contribution in [-0.2, 0) is 21.3 Å². The average Bonchev–Trinajstić information content (AvgIpc) is 3.22. The summed E-state index contributed by atoms with van der Waals surface area (Å²) in [5.41, 5.74) is 2.53. The van der Waals surface area contributed by atoms with Crippen LogP contribution in [0, 0.1) is 18.3 Å². The zero-order valence-corrected chi connectivity index (χ0v) is 27.5. The molecule has 0 atom stereocenters. The van der Waals surface area contributed by atoms with Gasteiger partial charge in [0.15, 0.2) is 0 Å². The molecule has 1 aliphatic carbocycles. The molecular formula is C33H51N3O5S. The van der Waals surface area contributed by atoms with Crippen molar-refractivity contribution in [1.29, 1.82) is 0 Å². The number of ether oxygens (including phenoxy) is 2. The van der Waals surface area contributed by atoms with Crippen molar-refractivity contribution in [2.75, 3.05) is 19.8 Å². The number of benzene rings is 1. The number of carbonyl (C=O) groups excluding carboxylic acids is 1. The van der Waals surface area contributed by atoms with Gasteiger partial charge in [-0.25, -0.2) is 13.1 Å². The molecule has 4 rings (SSSR count). The highest BCUT2D eigenvalue weighted by atomic mass is 32.2. The van der Waals surface area contributed by atoms with Crippen molar-refractivity contribution in [3.05, 3.63) is 35.5 Å². The second kappa shape index (κ2) is 13.1. The maximum Gasteiger partial charge on any atom is 0.253 e. The molecule has 2 aliphatic rings. The number of nitrogens with one attached hydrogen (secondary N) is 2. The van der Waals surface area contributed by atoms with Gasteiger partial charge in [0.05, 0.1) is 12.2 Å². The van der Waals surface area contributed by atoms with Crippen LogP contribution in [0.15, 0.2) is 29.2 Å². The van der Waals surface area contributed by atoms with Crippen LogP contribution in [0.2, 0.25) is 0 Å². The molecule has 1 aliphatic heterocycles. The molecule has 1 amide bonds. The summed E-state index contributed by atoms with van der Waals surface area (Å²) in [5, 5.41) is 3.23. The zero-order chi connectivity index (χ0) is 30.7. The molecule has 1 saturated heterocycles. The number of nitrogens with zero attached hydrogens (tertiary/aromatic N) is 1. The van der Waals surface area contributed by atoms with Crippen molar-refractivity contribution in [3.8, 4) is 17.0 Å². The van der Waals surface area contributed by atoms with Gasteiger partial charge in [-0.3, -0.25) is 4.79 Å². The predicted octanol–water partition coefficient (Wildman–Crippen LogP) is 6.45.